The third kappa shape index (κ3) is 2.15. The van der Waals surface area contributed by atoms with Crippen molar-refractivity contribution in [1.29, 1.82) is 0 Å². The van der Waals surface area contributed by atoms with Crippen LogP contribution in [0.4, 0.5) is 5.82 Å². The summed E-state index contributed by atoms with van der Waals surface area (Å²) in [4.78, 5) is 0. The SMILES string of the molecule is c1cc2nnnn2nc1N[C@H]1C[C@H]1C1CCCCC1. The Morgan fingerprint density at radius 3 is 2.95 bits per heavy atom. The summed E-state index contributed by atoms with van der Waals surface area (Å²) in [7, 11) is 0. The maximum Gasteiger partial charge on any atom is 0.200 e. The van der Waals surface area contributed by atoms with Crippen molar-refractivity contribution in [3.05, 3.63) is 12.1 Å². The molecule has 2 aliphatic carbocycles. The van der Waals surface area contributed by atoms with Crippen LogP contribution >= 0.6 is 0 Å². The fraction of sp³-hybridized carbons (Fsp3) is 0.692. The maximum absolute atomic E-state index is 4.36. The molecule has 2 saturated carbocycles. The van der Waals surface area contributed by atoms with Crippen LogP contribution in [-0.4, -0.2) is 31.3 Å². The van der Waals surface area contributed by atoms with E-state index in [0.29, 0.717) is 11.7 Å². The zero-order valence-corrected chi connectivity index (χ0v) is 10.9. The van der Waals surface area contributed by atoms with Crippen molar-refractivity contribution in [3.8, 4) is 0 Å². The molecule has 2 aromatic heterocycles. The van der Waals surface area contributed by atoms with E-state index in [4.69, 9.17) is 0 Å². The van der Waals surface area contributed by atoms with Crippen molar-refractivity contribution >= 4 is 11.5 Å². The monoisotopic (exact) mass is 258 g/mol. The molecule has 19 heavy (non-hydrogen) atoms. The average molecular weight is 258 g/mol. The normalized spacial score (nSPS) is 27.6. The third-order valence-corrected chi connectivity index (χ3v) is 4.50. The zero-order valence-electron chi connectivity index (χ0n) is 10.9. The van der Waals surface area contributed by atoms with E-state index >= 15 is 0 Å². The summed E-state index contributed by atoms with van der Waals surface area (Å²) in [5, 5.41) is 19.2. The van der Waals surface area contributed by atoms with E-state index < -0.39 is 0 Å². The quantitative estimate of drug-likeness (QED) is 0.910. The lowest BCUT2D eigenvalue weighted by Crippen LogP contribution is -2.15. The van der Waals surface area contributed by atoms with Gasteiger partial charge in [0.1, 0.15) is 5.82 Å². The van der Waals surface area contributed by atoms with Gasteiger partial charge in [0, 0.05) is 6.04 Å². The second-order valence-corrected chi connectivity index (χ2v) is 5.79. The zero-order chi connectivity index (χ0) is 12.7. The molecule has 0 spiro atoms. The molecule has 6 nitrogen and oxygen atoms in total. The summed E-state index contributed by atoms with van der Waals surface area (Å²) in [5.41, 5.74) is 0.685. The van der Waals surface area contributed by atoms with Crippen molar-refractivity contribution in [1.82, 2.24) is 25.3 Å². The Morgan fingerprint density at radius 1 is 1.16 bits per heavy atom. The number of hydrogen-bond donors (Lipinski definition) is 1. The van der Waals surface area contributed by atoms with E-state index in [1.54, 1.807) is 0 Å². The molecule has 100 valence electrons. The molecule has 0 aromatic carbocycles. The predicted molar refractivity (Wildman–Crippen MR) is 70.7 cm³/mol. The molecule has 0 radical (unpaired) electrons. The fourth-order valence-corrected chi connectivity index (χ4v) is 3.38. The predicted octanol–water partition coefficient (Wildman–Crippen LogP) is 1.90. The van der Waals surface area contributed by atoms with Gasteiger partial charge < -0.3 is 5.32 Å². The third-order valence-electron chi connectivity index (χ3n) is 4.50. The van der Waals surface area contributed by atoms with Crippen LogP contribution in [-0.2, 0) is 0 Å². The van der Waals surface area contributed by atoms with E-state index in [1.807, 2.05) is 12.1 Å². The summed E-state index contributed by atoms with van der Waals surface area (Å²) in [5.74, 6) is 2.66. The van der Waals surface area contributed by atoms with Gasteiger partial charge in [-0.25, -0.2) is 0 Å². The van der Waals surface area contributed by atoms with Crippen LogP contribution in [0, 0.1) is 11.8 Å². The summed E-state index contributed by atoms with van der Waals surface area (Å²) in [6.07, 6.45) is 8.40. The standard InChI is InChI=1S/C13H18N6/c1-2-4-9(5-3-1)10-8-11(10)14-12-6-7-13-15-17-18-19(13)16-12/h6-7,9-11H,1-5,8H2,(H,14,16)/t10-,11-/m0/s1. The second-order valence-electron chi connectivity index (χ2n) is 5.79. The number of fused-ring (bicyclic) bond motifs is 1. The maximum atomic E-state index is 4.36. The number of aromatic nitrogens is 5. The molecule has 0 unspecified atom stereocenters. The summed E-state index contributed by atoms with van der Waals surface area (Å²) in [6, 6.07) is 4.46. The van der Waals surface area contributed by atoms with Crippen molar-refractivity contribution in [3.63, 3.8) is 0 Å². The van der Waals surface area contributed by atoms with Gasteiger partial charge in [0.2, 0.25) is 0 Å². The van der Waals surface area contributed by atoms with Gasteiger partial charge in [0.15, 0.2) is 5.65 Å². The topological polar surface area (TPSA) is 68.0 Å². The molecule has 0 saturated heterocycles. The van der Waals surface area contributed by atoms with Crippen molar-refractivity contribution in [2.75, 3.05) is 5.32 Å². The van der Waals surface area contributed by atoms with Gasteiger partial charge in [0.05, 0.1) is 0 Å². The van der Waals surface area contributed by atoms with Crippen LogP contribution < -0.4 is 5.32 Å². The molecule has 0 aliphatic heterocycles. The molecule has 1 N–H and O–H groups in total. The van der Waals surface area contributed by atoms with E-state index in [1.165, 1.54) is 43.2 Å². The second kappa shape index (κ2) is 4.43. The van der Waals surface area contributed by atoms with Crippen molar-refractivity contribution < 1.29 is 0 Å². The number of rotatable bonds is 3. The van der Waals surface area contributed by atoms with Gasteiger partial charge in [0.25, 0.3) is 0 Å². The number of nitrogens with zero attached hydrogens (tertiary/aromatic N) is 5. The van der Waals surface area contributed by atoms with Crippen LogP contribution in [0.15, 0.2) is 12.1 Å². The minimum atomic E-state index is 0.601. The lowest BCUT2D eigenvalue weighted by atomic mass is 9.85. The largest absolute Gasteiger partial charge is 0.366 e. The molecule has 2 aliphatic rings. The molecular formula is C13H18N6. The highest BCUT2D eigenvalue weighted by molar-refractivity contribution is 5.43. The Balaban J connectivity index is 1.42. The van der Waals surface area contributed by atoms with E-state index in [-0.39, 0.29) is 0 Å². The van der Waals surface area contributed by atoms with Crippen LogP contribution in [0.3, 0.4) is 0 Å². The highest BCUT2D eigenvalue weighted by Gasteiger charge is 2.43. The average Bonchev–Trinajstić information content (AvgIpc) is 3.06. The molecule has 2 aromatic rings. The highest BCUT2D eigenvalue weighted by atomic mass is 15.6. The van der Waals surface area contributed by atoms with Gasteiger partial charge >= 0.3 is 0 Å². The Hall–Kier alpha value is -1.72. The fourth-order valence-electron chi connectivity index (χ4n) is 3.38. The molecule has 2 heterocycles. The van der Waals surface area contributed by atoms with Crippen LogP contribution in [0.25, 0.3) is 5.65 Å². The van der Waals surface area contributed by atoms with E-state index in [9.17, 15) is 0 Å². The van der Waals surface area contributed by atoms with Gasteiger partial charge in [-0.3, -0.25) is 0 Å². The van der Waals surface area contributed by atoms with Gasteiger partial charge in [-0.1, -0.05) is 32.1 Å². The molecule has 4 rings (SSSR count). The van der Waals surface area contributed by atoms with Crippen LogP contribution in [0.5, 0.6) is 0 Å². The van der Waals surface area contributed by atoms with Crippen LogP contribution in [0.1, 0.15) is 38.5 Å². The number of tetrazole rings is 1. The smallest absolute Gasteiger partial charge is 0.200 e. The molecule has 2 fully saturated rings. The first kappa shape index (κ1) is 11.1. The molecular weight excluding hydrogens is 240 g/mol. The first-order valence-electron chi connectivity index (χ1n) is 7.22. The first-order chi connectivity index (χ1) is 9.40. The Kier molecular flexibility index (Phi) is 2.60. The summed E-state index contributed by atoms with van der Waals surface area (Å²) < 4.78 is 1.47. The summed E-state index contributed by atoms with van der Waals surface area (Å²) >= 11 is 0. The van der Waals surface area contributed by atoms with Crippen molar-refractivity contribution in [2.45, 2.75) is 44.6 Å². The van der Waals surface area contributed by atoms with Crippen molar-refractivity contribution in [2.24, 2.45) is 11.8 Å². The number of anilines is 1. The van der Waals surface area contributed by atoms with Gasteiger partial charge in [-0.15, -0.1) is 14.8 Å². The lowest BCUT2D eigenvalue weighted by Gasteiger charge is -2.21. The Bertz CT molecular complexity index is 573. The van der Waals surface area contributed by atoms with E-state index in [0.717, 1.165) is 17.7 Å². The molecule has 2 atom stereocenters. The minimum Gasteiger partial charge on any atom is -0.366 e. The minimum absolute atomic E-state index is 0.601. The summed E-state index contributed by atoms with van der Waals surface area (Å²) in [6.45, 7) is 0. The molecule has 0 amide bonds. The lowest BCUT2D eigenvalue weighted by molar-refractivity contribution is 0.320. The first-order valence-corrected chi connectivity index (χ1v) is 7.22. The Morgan fingerprint density at radius 2 is 2.05 bits per heavy atom. The number of hydrogen-bond acceptors (Lipinski definition) is 5. The van der Waals surface area contributed by atoms with Gasteiger partial charge in [-0.2, -0.15) is 0 Å². The van der Waals surface area contributed by atoms with E-state index in [2.05, 4.69) is 25.9 Å². The number of nitrogens with one attached hydrogen (secondary N) is 1. The van der Waals surface area contributed by atoms with Gasteiger partial charge in [-0.05, 0) is 40.8 Å². The van der Waals surface area contributed by atoms with Crippen LogP contribution in [0.2, 0.25) is 0 Å². The molecule has 0 bridgehead atoms. The molecule has 6 heteroatoms. The Labute approximate surface area is 111 Å². The highest BCUT2D eigenvalue weighted by Crippen LogP contribution is 2.45.